The summed E-state index contributed by atoms with van der Waals surface area (Å²) in [6.45, 7) is 1.58. The van der Waals surface area contributed by atoms with Crippen LogP contribution in [0.3, 0.4) is 0 Å². The monoisotopic (exact) mass is 351 g/mol. The Labute approximate surface area is 138 Å². The first-order valence-electron chi connectivity index (χ1n) is 6.96. The first-order chi connectivity index (χ1) is 10.6. The highest BCUT2D eigenvalue weighted by Gasteiger charge is 2.11. The van der Waals surface area contributed by atoms with Crippen LogP contribution in [0.25, 0.3) is 22.3 Å². The van der Waals surface area contributed by atoms with E-state index >= 15 is 0 Å². The SMILES string of the molecule is CC(=O)c1ccc(Br)cc1-c1cncc(-c2ccccc2)c1. The van der Waals surface area contributed by atoms with Crippen molar-refractivity contribution in [3.8, 4) is 22.3 Å². The first kappa shape index (κ1) is 14.7. The molecule has 22 heavy (non-hydrogen) atoms. The second kappa shape index (κ2) is 6.24. The Morgan fingerprint density at radius 2 is 1.64 bits per heavy atom. The molecule has 1 aromatic heterocycles. The third-order valence-electron chi connectivity index (χ3n) is 3.52. The molecule has 0 N–H and O–H groups in total. The third-order valence-corrected chi connectivity index (χ3v) is 4.01. The largest absolute Gasteiger partial charge is 0.294 e. The van der Waals surface area contributed by atoms with Crippen LogP contribution in [0, 0.1) is 0 Å². The average Bonchev–Trinajstić information content (AvgIpc) is 2.55. The van der Waals surface area contributed by atoms with Gasteiger partial charge >= 0.3 is 0 Å². The molecule has 0 atom stereocenters. The van der Waals surface area contributed by atoms with Gasteiger partial charge in [-0.1, -0.05) is 46.3 Å². The Bertz CT molecular complexity index is 828. The van der Waals surface area contributed by atoms with E-state index in [1.54, 1.807) is 13.1 Å². The van der Waals surface area contributed by atoms with Crippen molar-refractivity contribution in [2.45, 2.75) is 6.92 Å². The minimum atomic E-state index is 0.0487. The number of aromatic nitrogens is 1. The molecule has 0 aliphatic heterocycles. The average molecular weight is 352 g/mol. The Balaban J connectivity index is 2.14. The predicted octanol–water partition coefficient (Wildman–Crippen LogP) is 5.38. The molecule has 0 spiro atoms. The van der Waals surface area contributed by atoms with E-state index in [-0.39, 0.29) is 5.78 Å². The van der Waals surface area contributed by atoms with Crippen LogP contribution in [0.4, 0.5) is 0 Å². The Kier molecular flexibility index (Phi) is 4.16. The van der Waals surface area contributed by atoms with E-state index < -0.39 is 0 Å². The molecule has 0 fully saturated rings. The van der Waals surface area contributed by atoms with Gasteiger partial charge in [0.2, 0.25) is 0 Å². The highest BCUT2D eigenvalue weighted by Crippen LogP contribution is 2.30. The van der Waals surface area contributed by atoms with E-state index in [0.717, 1.165) is 26.7 Å². The Hall–Kier alpha value is -2.26. The van der Waals surface area contributed by atoms with E-state index in [0.29, 0.717) is 5.56 Å². The van der Waals surface area contributed by atoms with Crippen molar-refractivity contribution in [1.29, 1.82) is 0 Å². The smallest absolute Gasteiger partial charge is 0.160 e. The fourth-order valence-electron chi connectivity index (χ4n) is 2.44. The maximum absolute atomic E-state index is 11.9. The van der Waals surface area contributed by atoms with E-state index in [9.17, 15) is 4.79 Å². The van der Waals surface area contributed by atoms with Gasteiger partial charge in [0.25, 0.3) is 0 Å². The Morgan fingerprint density at radius 3 is 2.36 bits per heavy atom. The number of carbonyl (C=O) groups is 1. The summed E-state index contributed by atoms with van der Waals surface area (Å²) < 4.78 is 0.942. The molecule has 0 amide bonds. The van der Waals surface area contributed by atoms with Gasteiger partial charge in [-0.05, 0) is 42.3 Å². The normalized spacial score (nSPS) is 10.5. The lowest BCUT2D eigenvalue weighted by Crippen LogP contribution is -1.96. The lowest BCUT2D eigenvalue weighted by atomic mass is 9.96. The van der Waals surface area contributed by atoms with E-state index in [2.05, 4.69) is 27.0 Å². The maximum Gasteiger partial charge on any atom is 0.160 e. The number of pyridine rings is 1. The van der Waals surface area contributed by atoms with Crippen LogP contribution < -0.4 is 0 Å². The van der Waals surface area contributed by atoms with Crippen molar-refractivity contribution < 1.29 is 4.79 Å². The zero-order chi connectivity index (χ0) is 15.5. The van der Waals surface area contributed by atoms with Crippen molar-refractivity contribution in [2.75, 3.05) is 0 Å². The van der Waals surface area contributed by atoms with Crippen molar-refractivity contribution in [2.24, 2.45) is 0 Å². The number of nitrogens with zero attached hydrogens (tertiary/aromatic N) is 1. The molecule has 0 saturated carbocycles. The van der Waals surface area contributed by atoms with E-state index in [1.807, 2.05) is 54.7 Å². The number of rotatable bonds is 3. The standard InChI is InChI=1S/C19H14BrNO/c1-13(22)18-8-7-17(20)10-19(18)16-9-15(11-21-12-16)14-5-3-2-4-6-14/h2-12H,1H3. The highest BCUT2D eigenvalue weighted by atomic mass is 79.9. The molecule has 0 unspecified atom stereocenters. The Morgan fingerprint density at radius 1 is 0.909 bits per heavy atom. The quantitative estimate of drug-likeness (QED) is 0.593. The number of hydrogen-bond donors (Lipinski definition) is 0. The number of ketones is 1. The highest BCUT2D eigenvalue weighted by molar-refractivity contribution is 9.10. The molecule has 0 saturated heterocycles. The molecular weight excluding hydrogens is 338 g/mol. The van der Waals surface area contributed by atoms with Crippen LogP contribution in [0.1, 0.15) is 17.3 Å². The van der Waals surface area contributed by atoms with Crippen molar-refractivity contribution in [3.63, 3.8) is 0 Å². The zero-order valence-corrected chi connectivity index (χ0v) is 13.7. The van der Waals surface area contributed by atoms with Gasteiger partial charge in [-0.3, -0.25) is 9.78 Å². The summed E-state index contributed by atoms with van der Waals surface area (Å²) in [5, 5.41) is 0. The van der Waals surface area contributed by atoms with Crippen LogP contribution in [-0.2, 0) is 0 Å². The fourth-order valence-corrected chi connectivity index (χ4v) is 2.80. The van der Waals surface area contributed by atoms with E-state index in [1.165, 1.54) is 0 Å². The molecule has 0 aliphatic carbocycles. The second-order valence-electron chi connectivity index (χ2n) is 5.07. The number of halogens is 1. The molecule has 3 aromatic rings. The summed E-state index contributed by atoms with van der Waals surface area (Å²) in [6.07, 6.45) is 3.63. The van der Waals surface area contributed by atoms with Crippen LogP contribution in [0.2, 0.25) is 0 Å². The van der Waals surface area contributed by atoms with Gasteiger partial charge in [0, 0.05) is 33.6 Å². The topological polar surface area (TPSA) is 30.0 Å². The molecule has 2 aromatic carbocycles. The van der Waals surface area contributed by atoms with Gasteiger partial charge in [0.05, 0.1) is 0 Å². The molecule has 2 nitrogen and oxygen atoms in total. The zero-order valence-electron chi connectivity index (χ0n) is 12.1. The summed E-state index contributed by atoms with van der Waals surface area (Å²) in [5.41, 5.74) is 4.68. The summed E-state index contributed by atoms with van der Waals surface area (Å²) in [6, 6.07) is 17.8. The third kappa shape index (κ3) is 3.00. The van der Waals surface area contributed by atoms with Gasteiger partial charge in [-0.25, -0.2) is 0 Å². The van der Waals surface area contributed by atoms with Gasteiger partial charge in [0.15, 0.2) is 5.78 Å². The molecule has 3 heteroatoms. The summed E-state index contributed by atoms with van der Waals surface area (Å²) in [7, 11) is 0. The van der Waals surface area contributed by atoms with Gasteiger partial charge in [0.1, 0.15) is 0 Å². The number of carbonyl (C=O) groups excluding carboxylic acids is 1. The molecule has 108 valence electrons. The summed E-state index contributed by atoms with van der Waals surface area (Å²) in [4.78, 5) is 16.2. The van der Waals surface area contributed by atoms with Crippen LogP contribution in [0.5, 0.6) is 0 Å². The molecule has 1 heterocycles. The number of hydrogen-bond acceptors (Lipinski definition) is 2. The second-order valence-corrected chi connectivity index (χ2v) is 5.99. The number of benzene rings is 2. The molecule has 0 radical (unpaired) electrons. The van der Waals surface area contributed by atoms with Crippen LogP contribution in [0.15, 0.2) is 71.5 Å². The van der Waals surface area contributed by atoms with Gasteiger partial charge in [-0.15, -0.1) is 0 Å². The molecular formula is C19H14BrNO. The minimum Gasteiger partial charge on any atom is -0.294 e. The molecule has 3 rings (SSSR count). The van der Waals surface area contributed by atoms with E-state index in [4.69, 9.17) is 0 Å². The maximum atomic E-state index is 11.9. The van der Waals surface area contributed by atoms with Gasteiger partial charge in [-0.2, -0.15) is 0 Å². The summed E-state index contributed by atoms with van der Waals surface area (Å²) in [5.74, 6) is 0.0487. The lowest BCUT2D eigenvalue weighted by molar-refractivity contribution is 0.101. The predicted molar refractivity (Wildman–Crippen MR) is 92.8 cm³/mol. The van der Waals surface area contributed by atoms with Crippen molar-refractivity contribution in [1.82, 2.24) is 4.98 Å². The molecule has 0 aliphatic rings. The fraction of sp³-hybridized carbons (Fsp3) is 0.0526. The first-order valence-corrected chi connectivity index (χ1v) is 7.76. The number of Topliss-reactive ketones (excluding diaryl/α,β-unsaturated/α-hetero) is 1. The minimum absolute atomic E-state index is 0.0487. The van der Waals surface area contributed by atoms with Crippen LogP contribution in [-0.4, -0.2) is 10.8 Å². The van der Waals surface area contributed by atoms with Crippen LogP contribution >= 0.6 is 15.9 Å². The van der Waals surface area contributed by atoms with Crippen molar-refractivity contribution in [3.05, 3.63) is 77.0 Å². The van der Waals surface area contributed by atoms with Crippen molar-refractivity contribution >= 4 is 21.7 Å². The van der Waals surface area contributed by atoms with Gasteiger partial charge < -0.3 is 0 Å². The lowest BCUT2D eigenvalue weighted by Gasteiger charge is -2.09. The molecule has 0 bridgehead atoms. The summed E-state index contributed by atoms with van der Waals surface area (Å²) >= 11 is 3.47.